The van der Waals surface area contributed by atoms with Crippen molar-refractivity contribution in [2.24, 2.45) is 7.05 Å². The minimum atomic E-state index is 0.0242. The first kappa shape index (κ1) is 11.5. The standard InChI is InChI=1S/C12H12N6O/c1-17-15-12(14-16-17)6-9(19)7-18-8-13-10-4-2-3-5-11(10)18/h2-5,8H,6-7H2,1H3. The number of carbonyl (C=O) groups excluding carboxylic acids is 1. The number of rotatable bonds is 4. The first-order chi connectivity index (χ1) is 9.22. The molecule has 0 unspecified atom stereocenters. The number of Topliss-reactive ketones (excluding diaryl/α,β-unsaturated/α-hetero) is 1. The lowest BCUT2D eigenvalue weighted by Crippen LogP contribution is -2.13. The van der Waals surface area contributed by atoms with E-state index in [9.17, 15) is 4.79 Å². The molecule has 0 bridgehead atoms. The Morgan fingerprint density at radius 3 is 2.95 bits per heavy atom. The van der Waals surface area contributed by atoms with Crippen molar-refractivity contribution in [2.75, 3.05) is 0 Å². The highest BCUT2D eigenvalue weighted by atomic mass is 16.1. The molecule has 7 heteroatoms. The molecule has 3 rings (SSSR count). The van der Waals surface area contributed by atoms with Crippen molar-refractivity contribution in [1.29, 1.82) is 0 Å². The molecule has 0 aliphatic rings. The van der Waals surface area contributed by atoms with Crippen LogP contribution < -0.4 is 0 Å². The van der Waals surface area contributed by atoms with Crippen LogP contribution in [0.1, 0.15) is 5.82 Å². The Kier molecular flexibility index (Phi) is 2.79. The maximum Gasteiger partial charge on any atom is 0.182 e. The zero-order chi connectivity index (χ0) is 13.2. The molecule has 2 heterocycles. The third-order valence-electron chi connectivity index (χ3n) is 2.78. The number of hydrogen-bond donors (Lipinski definition) is 0. The number of fused-ring (bicyclic) bond motifs is 1. The van der Waals surface area contributed by atoms with Gasteiger partial charge >= 0.3 is 0 Å². The Balaban J connectivity index is 1.76. The average molecular weight is 256 g/mol. The topological polar surface area (TPSA) is 78.5 Å². The summed E-state index contributed by atoms with van der Waals surface area (Å²) in [5.41, 5.74) is 1.83. The number of benzene rings is 1. The van der Waals surface area contributed by atoms with Crippen LogP contribution >= 0.6 is 0 Å². The molecule has 0 radical (unpaired) electrons. The van der Waals surface area contributed by atoms with Crippen LogP contribution in [0.15, 0.2) is 30.6 Å². The second-order valence-electron chi connectivity index (χ2n) is 4.27. The minimum absolute atomic E-state index is 0.0242. The number of aromatic nitrogens is 6. The molecule has 0 spiro atoms. The first-order valence-electron chi connectivity index (χ1n) is 5.87. The number of hydrogen-bond acceptors (Lipinski definition) is 5. The van der Waals surface area contributed by atoms with Crippen molar-refractivity contribution in [3.8, 4) is 0 Å². The van der Waals surface area contributed by atoms with Crippen molar-refractivity contribution in [3.63, 3.8) is 0 Å². The predicted octanol–water partition coefficient (Wildman–Crippen LogP) is 0.372. The van der Waals surface area contributed by atoms with E-state index in [-0.39, 0.29) is 18.7 Å². The molecule has 0 amide bonds. The fraction of sp³-hybridized carbons (Fsp3) is 0.250. The molecule has 0 saturated heterocycles. The van der Waals surface area contributed by atoms with Gasteiger partial charge in [0.2, 0.25) is 0 Å². The fourth-order valence-electron chi connectivity index (χ4n) is 1.95. The Bertz CT molecular complexity index is 728. The number of aryl methyl sites for hydroxylation is 1. The van der Waals surface area contributed by atoms with E-state index in [1.54, 1.807) is 13.4 Å². The van der Waals surface area contributed by atoms with Crippen molar-refractivity contribution in [1.82, 2.24) is 29.8 Å². The van der Waals surface area contributed by atoms with Crippen molar-refractivity contribution >= 4 is 16.8 Å². The quantitative estimate of drug-likeness (QED) is 0.674. The zero-order valence-electron chi connectivity index (χ0n) is 10.4. The molecule has 0 atom stereocenters. The van der Waals surface area contributed by atoms with Gasteiger partial charge in [0.05, 0.1) is 37.4 Å². The molecular weight excluding hydrogens is 244 g/mol. The van der Waals surface area contributed by atoms with E-state index in [1.807, 2.05) is 28.8 Å². The lowest BCUT2D eigenvalue weighted by Gasteiger charge is -2.01. The summed E-state index contributed by atoms with van der Waals surface area (Å²) < 4.78 is 1.83. The highest BCUT2D eigenvalue weighted by Crippen LogP contribution is 2.11. The zero-order valence-corrected chi connectivity index (χ0v) is 10.4. The molecule has 96 valence electrons. The monoisotopic (exact) mass is 256 g/mol. The van der Waals surface area contributed by atoms with Crippen molar-refractivity contribution < 1.29 is 4.79 Å². The number of carbonyl (C=O) groups is 1. The molecule has 7 nitrogen and oxygen atoms in total. The van der Waals surface area contributed by atoms with Gasteiger partial charge in [0.25, 0.3) is 0 Å². The number of tetrazole rings is 1. The number of nitrogens with zero attached hydrogens (tertiary/aromatic N) is 6. The minimum Gasteiger partial charge on any atom is -0.323 e. The molecule has 3 aromatic rings. The molecule has 0 saturated carbocycles. The van der Waals surface area contributed by atoms with Gasteiger partial charge in [-0.1, -0.05) is 12.1 Å². The van der Waals surface area contributed by atoms with E-state index >= 15 is 0 Å². The Morgan fingerprint density at radius 2 is 2.16 bits per heavy atom. The van der Waals surface area contributed by atoms with Crippen LogP contribution in [0.3, 0.4) is 0 Å². The number of imidazole rings is 1. The highest BCUT2D eigenvalue weighted by molar-refractivity contribution is 5.82. The molecule has 1 aromatic carbocycles. The van der Waals surface area contributed by atoms with Gasteiger partial charge in [-0.05, 0) is 17.3 Å². The molecule has 19 heavy (non-hydrogen) atoms. The summed E-state index contributed by atoms with van der Waals surface area (Å²) >= 11 is 0. The van der Waals surface area contributed by atoms with Gasteiger partial charge in [0, 0.05) is 0 Å². The van der Waals surface area contributed by atoms with E-state index in [0.717, 1.165) is 11.0 Å². The maximum atomic E-state index is 12.0. The van der Waals surface area contributed by atoms with Crippen LogP contribution in [-0.4, -0.2) is 35.5 Å². The summed E-state index contributed by atoms with van der Waals surface area (Å²) in [6.07, 6.45) is 1.85. The van der Waals surface area contributed by atoms with Crippen LogP contribution in [0.2, 0.25) is 0 Å². The van der Waals surface area contributed by atoms with Crippen molar-refractivity contribution in [3.05, 3.63) is 36.4 Å². The largest absolute Gasteiger partial charge is 0.323 e. The summed E-state index contributed by atoms with van der Waals surface area (Å²) in [5, 5.41) is 11.5. The summed E-state index contributed by atoms with van der Waals surface area (Å²) in [7, 11) is 1.67. The lowest BCUT2D eigenvalue weighted by atomic mass is 10.2. The fourth-order valence-corrected chi connectivity index (χ4v) is 1.95. The first-order valence-corrected chi connectivity index (χ1v) is 5.87. The number of ketones is 1. The van der Waals surface area contributed by atoms with Crippen LogP contribution in [0.5, 0.6) is 0 Å². The third-order valence-corrected chi connectivity index (χ3v) is 2.78. The second-order valence-corrected chi connectivity index (χ2v) is 4.27. The summed E-state index contributed by atoms with van der Waals surface area (Å²) in [4.78, 5) is 17.6. The summed E-state index contributed by atoms with van der Waals surface area (Å²) in [6.45, 7) is 0.263. The highest BCUT2D eigenvalue weighted by Gasteiger charge is 2.10. The third kappa shape index (κ3) is 2.35. The molecular formula is C12H12N6O. The van der Waals surface area contributed by atoms with Gasteiger partial charge in [0.1, 0.15) is 0 Å². The Morgan fingerprint density at radius 1 is 1.32 bits per heavy atom. The van der Waals surface area contributed by atoms with E-state index in [2.05, 4.69) is 20.4 Å². The SMILES string of the molecule is Cn1nnc(CC(=O)Cn2cnc3ccccc32)n1. The summed E-state index contributed by atoms with van der Waals surface area (Å²) in [5.74, 6) is 0.466. The Labute approximate surface area is 108 Å². The molecule has 0 N–H and O–H groups in total. The maximum absolute atomic E-state index is 12.0. The van der Waals surface area contributed by atoms with E-state index in [0.29, 0.717) is 5.82 Å². The van der Waals surface area contributed by atoms with Crippen LogP contribution in [0, 0.1) is 0 Å². The van der Waals surface area contributed by atoms with Gasteiger partial charge in [-0.2, -0.15) is 4.80 Å². The predicted molar refractivity (Wildman–Crippen MR) is 67.2 cm³/mol. The van der Waals surface area contributed by atoms with Gasteiger partial charge < -0.3 is 4.57 Å². The summed E-state index contributed by atoms with van der Waals surface area (Å²) in [6, 6.07) is 7.71. The Hall–Kier alpha value is -2.57. The smallest absolute Gasteiger partial charge is 0.182 e. The molecule has 0 aliphatic carbocycles. The average Bonchev–Trinajstić information content (AvgIpc) is 2.97. The van der Waals surface area contributed by atoms with Crippen molar-refractivity contribution in [2.45, 2.75) is 13.0 Å². The van der Waals surface area contributed by atoms with E-state index < -0.39 is 0 Å². The molecule has 0 fully saturated rings. The normalized spacial score (nSPS) is 11.0. The van der Waals surface area contributed by atoms with Gasteiger partial charge in [-0.15, -0.1) is 10.2 Å². The van der Waals surface area contributed by atoms with Gasteiger partial charge in [-0.3, -0.25) is 4.79 Å². The van der Waals surface area contributed by atoms with Crippen LogP contribution in [0.4, 0.5) is 0 Å². The molecule has 2 aromatic heterocycles. The lowest BCUT2D eigenvalue weighted by molar-refractivity contribution is -0.119. The van der Waals surface area contributed by atoms with Crippen LogP contribution in [0.25, 0.3) is 11.0 Å². The number of para-hydroxylation sites is 2. The van der Waals surface area contributed by atoms with E-state index in [4.69, 9.17) is 0 Å². The van der Waals surface area contributed by atoms with Crippen LogP contribution in [-0.2, 0) is 24.8 Å². The molecule has 0 aliphatic heterocycles. The van der Waals surface area contributed by atoms with Gasteiger partial charge in [-0.25, -0.2) is 4.98 Å². The van der Waals surface area contributed by atoms with E-state index in [1.165, 1.54) is 4.80 Å². The second kappa shape index (κ2) is 4.60. The van der Waals surface area contributed by atoms with Gasteiger partial charge in [0.15, 0.2) is 11.6 Å².